The van der Waals surface area contributed by atoms with Gasteiger partial charge in [0.2, 0.25) is 5.95 Å². The van der Waals surface area contributed by atoms with E-state index in [-0.39, 0.29) is 5.69 Å². The first kappa shape index (κ1) is 22.9. The molecule has 35 heavy (non-hydrogen) atoms. The van der Waals surface area contributed by atoms with Crippen LogP contribution < -0.4 is 5.32 Å². The summed E-state index contributed by atoms with van der Waals surface area (Å²) in [4.78, 5) is 22.9. The lowest BCUT2D eigenvalue weighted by atomic mass is 10.1. The third-order valence-corrected chi connectivity index (χ3v) is 5.66. The van der Waals surface area contributed by atoms with E-state index < -0.39 is 23.1 Å². The molecule has 5 rings (SSSR count). The van der Waals surface area contributed by atoms with E-state index in [1.165, 1.54) is 4.90 Å². The Balaban J connectivity index is 1.42. The molecule has 12 heteroatoms. The van der Waals surface area contributed by atoms with Crippen LogP contribution in [0.2, 0.25) is 0 Å². The maximum atomic E-state index is 15.0. The van der Waals surface area contributed by atoms with Crippen LogP contribution in [0.15, 0.2) is 43.0 Å². The molecule has 4 heterocycles. The Labute approximate surface area is 199 Å². The van der Waals surface area contributed by atoms with Gasteiger partial charge in [-0.25, -0.2) is 13.8 Å². The number of anilines is 2. The number of carbonyl (C=O) groups excluding carboxylic acids is 1. The highest BCUT2D eigenvalue weighted by molar-refractivity contribution is 5.95. The van der Waals surface area contributed by atoms with Gasteiger partial charge in [-0.3, -0.25) is 9.48 Å². The molecule has 0 saturated carbocycles. The van der Waals surface area contributed by atoms with Crippen molar-refractivity contribution in [1.82, 2.24) is 29.2 Å². The number of aromatic nitrogens is 5. The third-order valence-electron chi connectivity index (χ3n) is 5.66. The van der Waals surface area contributed by atoms with Gasteiger partial charge in [0.25, 0.3) is 5.91 Å². The van der Waals surface area contributed by atoms with Crippen LogP contribution in [0, 0.1) is 11.6 Å². The largest absolute Gasteiger partial charge is 0.383 e. The van der Waals surface area contributed by atoms with E-state index in [0.717, 1.165) is 12.1 Å². The van der Waals surface area contributed by atoms with Crippen molar-refractivity contribution in [3.8, 4) is 5.69 Å². The van der Waals surface area contributed by atoms with Gasteiger partial charge in [0.05, 0.1) is 43.9 Å². The van der Waals surface area contributed by atoms with Gasteiger partial charge in [-0.15, -0.1) is 0 Å². The lowest BCUT2D eigenvalue weighted by molar-refractivity contribution is 0.0296. The van der Waals surface area contributed by atoms with Crippen LogP contribution >= 0.6 is 0 Å². The topological polar surface area (TPSA) is 99.3 Å². The molecule has 3 aromatic heterocycles. The predicted molar refractivity (Wildman–Crippen MR) is 123 cm³/mol. The average molecular weight is 483 g/mol. The van der Waals surface area contributed by atoms with Crippen LogP contribution in [-0.4, -0.2) is 75.1 Å². The fourth-order valence-corrected chi connectivity index (χ4v) is 3.88. The third kappa shape index (κ3) is 4.70. The number of ether oxygens (including phenoxy) is 2. The first-order valence-corrected chi connectivity index (χ1v) is 11.0. The fourth-order valence-electron chi connectivity index (χ4n) is 3.88. The molecule has 1 fully saturated rings. The summed E-state index contributed by atoms with van der Waals surface area (Å²) >= 11 is 0. The van der Waals surface area contributed by atoms with Crippen LogP contribution in [0.25, 0.3) is 16.7 Å². The number of nitrogens with zero attached hydrogens (tertiary/aromatic N) is 6. The quantitative estimate of drug-likeness (QED) is 0.432. The zero-order valence-corrected chi connectivity index (χ0v) is 18.9. The van der Waals surface area contributed by atoms with Crippen molar-refractivity contribution in [2.45, 2.75) is 6.54 Å². The smallest absolute Gasteiger partial charge is 0.259 e. The van der Waals surface area contributed by atoms with E-state index in [0.29, 0.717) is 62.1 Å². The molecule has 0 radical (unpaired) electrons. The molecule has 0 atom stereocenters. The van der Waals surface area contributed by atoms with Crippen molar-refractivity contribution >= 4 is 28.6 Å². The minimum absolute atomic E-state index is 0.200. The van der Waals surface area contributed by atoms with Crippen molar-refractivity contribution in [2.24, 2.45) is 0 Å². The summed E-state index contributed by atoms with van der Waals surface area (Å²) < 4.78 is 43.5. The van der Waals surface area contributed by atoms with Crippen molar-refractivity contribution in [3.05, 3.63) is 60.2 Å². The molecule has 1 saturated heterocycles. The summed E-state index contributed by atoms with van der Waals surface area (Å²) in [6, 6.07) is 4.00. The van der Waals surface area contributed by atoms with E-state index in [9.17, 15) is 13.6 Å². The molecule has 0 spiro atoms. The van der Waals surface area contributed by atoms with E-state index in [1.807, 2.05) is 0 Å². The zero-order chi connectivity index (χ0) is 24.4. The normalized spacial score (nSPS) is 14.0. The molecular weight excluding hydrogens is 460 g/mol. The lowest BCUT2D eigenvalue weighted by Gasteiger charge is -2.27. The Morgan fingerprint density at radius 2 is 1.97 bits per heavy atom. The number of hydrogen-bond acceptors (Lipinski definition) is 7. The number of rotatable bonds is 7. The highest BCUT2D eigenvalue weighted by Gasteiger charge is 2.26. The molecule has 182 valence electrons. The van der Waals surface area contributed by atoms with E-state index in [1.54, 1.807) is 47.2 Å². The summed E-state index contributed by atoms with van der Waals surface area (Å²) in [6.07, 6.45) is 6.68. The maximum Gasteiger partial charge on any atom is 0.259 e. The number of nitrogens with one attached hydrogen (secondary N) is 1. The van der Waals surface area contributed by atoms with Crippen LogP contribution in [0.5, 0.6) is 0 Å². The Hall–Kier alpha value is -3.90. The minimum Gasteiger partial charge on any atom is -0.383 e. The van der Waals surface area contributed by atoms with E-state index in [4.69, 9.17) is 9.47 Å². The first-order valence-electron chi connectivity index (χ1n) is 11.0. The molecule has 0 aliphatic carbocycles. The van der Waals surface area contributed by atoms with Crippen molar-refractivity contribution < 1.29 is 23.0 Å². The number of halogens is 2. The number of carbonyl (C=O) groups is 1. The standard InChI is InChI=1S/C23H23F2N7O3/c1-34-7-6-31-14-16(13-27-31)28-23-26-12-15-2-3-32(21(15)29-23)17-10-18(24)20(19(25)11-17)22(33)30-4-8-35-9-5-30/h2-3,10-14H,4-9H2,1H3,(H,26,28,29). The summed E-state index contributed by atoms with van der Waals surface area (Å²) in [7, 11) is 1.62. The van der Waals surface area contributed by atoms with Crippen LogP contribution in [-0.2, 0) is 16.0 Å². The molecule has 1 aliphatic heterocycles. The average Bonchev–Trinajstić information content (AvgIpc) is 3.49. The van der Waals surface area contributed by atoms with Crippen molar-refractivity contribution in [1.29, 1.82) is 0 Å². The van der Waals surface area contributed by atoms with Crippen LogP contribution in [0.4, 0.5) is 20.4 Å². The summed E-state index contributed by atoms with van der Waals surface area (Å²) in [5.74, 6) is -2.26. The maximum absolute atomic E-state index is 15.0. The highest BCUT2D eigenvalue weighted by atomic mass is 19.1. The lowest BCUT2D eigenvalue weighted by Crippen LogP contribution is -2.41. The molecule has 1 aliphatic rings. The Kier molecular flexibility index (Phi) is 6.38. The Bertz CT molecular complexity index is 1340. The fraction of sp³-hybridized carbons (Fsp3) is 0.304. The second-order valence-electron chi connectivity index (χ2n) is 7.96. The van der Waals surface area contributed by atoms with Gasteiger partial charge in [-0.05, 0) is 18.2 Å². The molecule has 1 amide bonds. The Morgan fingerprint density at radius 3 is 2.71 bits per heavy atom. The molecule has 1 N–H and O–H groups in total. The van der Waals surface area contributed by atoms with Crippen LogP contribution in [0.3, 0.4) is 0 Å². The SMILES string of the molecule is COCCn1cc(Nc2ncc3ccn(-c4cc(F)c(C(=O)N5CCOCC5)c(F)c4)c3n2)cn1. The second kappa shape index (κ2) is 9.76. The van der Waals surface area contributed by atoms with Gasteiger partial charge in [0.15, 0.2) is 0 Å². The van der Waals surface area contributed by atoms with Gasteiger partial charge in [0, 0.05) is 44.2 Å². The molecule has 10 nitrogen and oxygen atoms in total. The number of amides is 1. The zero-order valence-electron chi connectivity index (χ0n) is 18.9. The number of morpholine rings is 1. The van der Waals surface area contributed by atoms with Crippen molar-refractivity contribution in [2.75, 3.05) is 45.3 Å². The monoisotopic (exact) mass is 483 g/mol. The van der Waals surface area contributed by atoms with Gasteiger partial charge in [-0.1, -0.05) is 0 Å². The molecule has 0 bridgehead atoms. The number of hydrogen-bond donors (Lipinski definition) is 1. The highest BCUT2D eigenvalue weighted by Crippen LogP contribution is 2.25. The molecular formula is C23H23F2N7O3. The summed E-state index contributed by atoms with van der Waals surface area (Å²) in [6.45, 7) is 2.39. The number of fused-ring (bicyclic) bond motifs is 1. The van der Waals surface area contributed by atoms with E-state index in [2.05, 4.69) is 20.4 Å². The molecule has 1 aromatic carbocycles. The summed E-state index contributed by atoms with van der Waals surface area (Å²) in [5, 5.41) is 7.99. The molecule has 0 unspecified atom stereocenters. The van der Waals surface area contributed by atoms with Gasteiger partial charge < -0.3 is 24.3 Å². The van der Waals surface area contributed by atoms with Crippen LogP contribution in [0.1, 0.15) is 10.4 Å². The minimum atomic E-state index is -0.936. The number of methoxy groups -OCH3 is 1. The van der Waals surface area contributed by atoms with Crippen molar-refractivity contribution in [3.63, 3.8) is 0 Å². The van der Waals surface area contributed by atoms with Gasteiger partial charge >= 0.3 is 0 Å². The second-order valence-corrected chi connectivity index (χ2v) is 7.96. The van der Waals surface area contributed by atoms with Gasteiger partial charge in [0.1, 0.15) is 22.8 Å². The summed E-state index contributed by atoms with van der Waals surface area (Å²) in [5.41, 5.74) is 0.752. The van der Waals surface area contributed by atoms with Gasteiger partial charge in [-0.2, -0.15) is 10.1 Å². The number of benzene rings is 1. The first-order chi connectivity index (χ1) is 17.0. The van der Waals surface area contributed by atoms with E-state index >= 15 is 0 Å². The molecule has 4 aromatic rings. The Morgan fingerprint density at radius 1 is 1.20 bits per heavy atom. The predicted octanol–water partition coefficient (Wildman–Crippen LogP) is 2.76.